The molecule has 0 aromatic carbocycles. The van der Waals surface area contributed by atoms with E-state index >= 15 is 0 Å². The lowest BCUT2D eigenvalue weighted by atomic mass is 9.96. The monoisotopic (exact) mass is 355 g/mol. The van der Waals surface area contributed by atoms with E-state index in [1.54, 1.807) is 4.90 Å². The molecule has 0 unspecified atom stereocenters. The van der Waals surface area contributed by atoms with Gasteiger partial charge in [-0.25, -0.2) is 4.79 Å². The van der Waals surface area contributed by atoms with Crippen molar-refractivity contribution in [1.29, 1.82) is 0 Å². The van der Waals surface area contributed by atoms with Gasteiger partial charge in [0.1, 0.15) is 5.60 Å². The van der Waals surface area contributed by atoms with Gasteiger partial charge in [-0.1, -0.05) is 0 Å². The maximum Gasteiger partial charge on any atom is 0.410 e. The number of amides is 1. The molecule has 2 aliphatic rings. The lowest BCUT2D eigenvalue weighted by Crippen LogP contribution is -2.51. The number of hydrogen-bond acceptors (Lipinski definition) is 6. The first-order valence-corrected chi connectivity index (χ1v) is 9.26. The average molecular weight is 355 g/mol. The van der Waals surface area contributed by atoms with Crippen LogP contribution in [-0.2, 0) is 14.3 Å². The van der Waals surface area contributed by atoms with Crippen molar-refractivity contribution in [3.05, 3.63) is 0 Å². The summed E-state index contributed by atoms with van der Waals surface area (Å²) in [7, 11) is 1.44. The van der Waals surface area contributed by atoms with Gasteiger partial charge in [0.25, 0.3) is 0 Å². The molecule has 0 aromatic heterocycles. The number of ether oxygens (including phenoxy) is 2. The van der Waals surface area contributed by atoms with Crippen LogP contribution in [-0.4, -0.2) is 91.8 Å². The van der Waals surface area contributed by atoms with Crippen LogP contribution in [0, 0.1) is 5.92 Å². The largest absolute Gasteiger partial charge is 0.468 e. The molecule has 2 rings (SSSR count). The highest BCUT2D eigenvalue weighted by Gasteiger charge is 2.28. The van der Waals surface area contributed by atoms with Gasteiger partial charge in [0.15, 0.2) is 0 Å². The summed E-state index contributed by atoms with van der Waals surface area (Å²) < 4.78 is 10.2. The van der Waals surface area contributed by atoms with Crippen molar-refractivity contribution < 1.29 is 19.1 Å². The number of carbonyl (C=O) groups excluding carboxylic acids is 2. The van der Waals surface area contributed by atoms with Gasteiger partial charge in [-0.2, -0.15) is 0 Å². The van der Waals surface area contributed by atoms with E-state index in [1.165, 1.54) is 7.11 Å². The predicted octanol–water partition coefficient (Wildman–Crippen LogP) is 1.42. The average Bonchev–Trinajstić information content (AvgIpc) is 2.55. The van der Waals surface area contributed by atoms with Crippen molar-refractivity contribution in [2.24, 2.45) is 5.92 Å². The fraction of sp³-hybridized carbons (Fsp3) is 0.889. The zero-order valence-electron chi connectivity index (χ0n) is 16.1. The zero-order chi connectivity index (χ0) is 18.4. The highest BCUT2D eigenvalue weighted by atomic mass is 16.6. The van der Waals surface area contributed by atoms with E-state index < -0.39 is 5.60 Å². The standard InChI is InChI=1S/C18H33N3O4/c1-18(2,3)25-17(23)21-11-9-20(10-12-21)13-15-5-7-19(8-6-15)14-16(22)24-4/h15H,5-14H2,1-4H3. The second-order valence-electron chi connectivity index (χ2n) is 8.06. The number of rotatable bonds is 4. The van der Waals surface area contributed by atoms with Gasteiger partial charge in [0.2, 0.25) is 0 Å². The summed E-state index contributed by atoms with van der Waals surface area (Å²) in [6.07, 6.45) is 2.02. The van der Waals surface area contributed by atoms with E-state index in [-0.39, 0.29) is 12.1 Å². The Morgan fingerprint density at radius 3 is 2.08 bits per heavy atom. The SMILES string of the molecule is COC(=O)CN1CCC(CN2CCN(C(=O)OC(C)(C)C)CC2)CC1. The lowest BCUT2D eigenvalue weighted by molar-refractivity contribution is -0.142. The third-order valence-electron chi connectivity index (χ3n) is 4.83. The second-order valence-corrected chi connectivity index (χ2v) is 8.06. The van der Waals surface area contributed by atoms with Crippen LogP contribution >= 0.6 is 0 Å². The topological polar surface area (TPSA) is 62.3 Å². The van der Waals surface area contributed by atoms with E-state index in [0.717, 1.165) is 58.7 Å². The molecule has 0 atom stereocenters. The number of carbonyl (C=O) groups is 2. The maximum atomic E-state index is 12.1. The number of methoxy groups -OCH3 is 1. The van der Waals surface area contributed by atoms with Crippen molar-refractivity contribution >= 4 is 12.1 Å². The number of piperidine rings is 1. The molecule has 0 N–H and O–H groups in total. The van der Waals surface area contributed by atoms with Gasteiger partial charge in [0, 0.05) is 32.7 Å². The third-order valence-corrected chi connectivity index (χ3v) is 4.83. The summed E-state index contributed by atoms with van der Waals surface area (Å²) in [6.45, 7) is 12.4. The van der Waals surface area contributed by atoms with Crippen LogP contribution in [0.25, 0.3) is 0 Å². The van der Waals surface area contributed by atoms with Crippen LogP contribution in [0.3, 0.4) is 0 Å². The molecule has 0 aliphatic carbocycles. The van der Waals surface area contributed by atoms with Crippen LogP contribution < -0.4 is 0 Å². The van der Waals surface area contributed by atoms with Crippen LogP contribution in [0.1, 0.15) is 33.6 Å². The van der Waals surface area contributed by atoms with Gasteiger partial charge in [-0.05, 0) is 52.6 Å². The van der Waals surface area contributed by atoms with E-state index in [9.17, 15) is 9.59 Å². The van der Waals surface area contributed by atoms with Crippen molar-refractivity contribution in [2.45, 2.75) is 39.2 Å². The molecule has 0 saturated carbocycles. The number of esters is 1. The Balaban J connectivity index is 1.66. The van der Waals surface area contributed by atoms with Gasteiger partial charge < -0.3 is 14.4 Å². The molecule has 0 aromatic rings. The van der Waals surface area contributed by atoms with Gasteiger partial charge in [-0.15, -0.1) is 0 Å². The summed E-state index contributed by atoms with van der Waals surface area (Å²) in [5.74, 6) is 0.513. The molecule has 0 bridgehead atoms. The Morgan fingerprint density at radius 1 is 0.960 bits per heavy atom. The Kier molecular flexibility index (Phi) is 7.07. The molecule has 2 aliphatic heterocycles. The smallest absolute Gasteiger partial charge is 0.410 e. The minimum Gasteiger partial charge on any atom is -0.468 e. The molecule has 7 heteroatoms. The summed E-state index contributed by atoms with van der Waals surface area (Å²) in [6, 6.07) is 0. The molecule has 0 spiro atoms. The van der Waals surface area contributed by atoms with Crippen LogP contribution in [0.15, 0.2) is 0 Å². The minimum atomic E-state index is -0.438. The maximum absolute atomic E-state index is 12.1. The summed E-state index contributed by atoms with van der Waals surface area (Å²) in [4.78, 5) is 29.9. The molecule has 25 heavy (non-hydrogen) atoms. The Morgan fingerprint density at radius 2 is 1.56 bits per heavy atom. The van der Waals surface area contributed by atoms with Crippen LogP contribution in [0.2, 0.25) is 0 Å². The minimum absolute atomic E-state index is 0.156. The number of hydrogen-bond donors (Lipinski definition) is 0. The fourth-order valence-corrected chi connectivity index (χ4v) is 3.38. The first-order chi connectivity index (χ1) is 11.8. The third kappa shape index (κ3) is 6.82. The highest BCUT2D eigenvalue weighted by molar-refractivity contribution is 5.71. The summed E-state index contributed by atoms with van der Waals surface area (Å²) in [5.41, 5.74) is -0.438. The number of likely N-dealkylation sites (tertiary alicyclic amines) is 1. The van der Waals surface area contributed by atoms with Crippen molar-refractivity contribution in [1.82, 2.24) is 14.7 Å². The van der Waals surface area contributed by atoms with Gasteiger partial charge in [-0.3, -0.25) is 14.6 Å². The molecule has 2 heterocycles. The lowest BCUT2D eigenvalue weighted by Gasteiger charge is -2.39. The molecule has 2 saturated heterocycles. The summed E-state index contributed by atoms with van der Waals surface area (Å²) >= 11 is 0. The molecule has 7 nitrogen and oxygen atoms in total. The molecular weight excluding hydrogens is 322 g/mol. The molecule has 1 amide bonds. The van der Waals surface area contributed by atoms with Crippen molar-refractivity contribution in [2.75, 3.05) is 59.5 Å². The van der Waals surface area contributed by atoms with E-state index in [4.69, 9.17) is 9.47 Å². The van der Waals surface area contributed by atoms with Crippen LogP contribution in [0.4, 0.5) is 4.79 Å². The summed E-state index contributed by atoms with van der Waals surface area (Å²) in [5, 5.41) is 0. The number of piperazine rings is 1. The van der Waals surface area contributed by atoms with Crippen molar-refractivity contribution in [3.63, 3.8) is 0 Å². The van der Waals surface area contributed by atoms with Crippen LogP contribution in [0.5, 0.6) is 0 Å². The fourth-order valence-electron chi connectivity index (χ4n) is 3.38. The molecular formula is C18H33N3O4. The Hall–Kier alpha value is -1.34. The first kappa shape index (κ1) is 20.0. The Bertz CT molecular complexity index is 448. The molecule has 2 fully saturated rings. The number of nitrogens with zero attached hydrogens (tertiary/aromatic N) is 3. The normalized spacial score (nSPS) is 21.2. The Labute approximate surface area is 151 Å². The highest BCUT2D eigenvalue weighted by Crippen LogP contribution is 2.19. The zero-order valence-corrected chi connectivity index (χ0v) is 16.1. The van der Waals surface area contributed by atoms with Gasteiger partial charge >= 0.3 is 12.1 Å². The van der Waals surface area contributed by atoms with E-state index in [2.05, 4.69) is 9.80 Å². The molecule has 0 radical (unpaired) electrons. The second kappa shape index (κ2) is 8.85. The van der Waals surface area contributed by atoms with Crippen molar-refractivity contribution in [3.8, 4) is 0 Å². The predicted molar refractivity (Wildman–Crippen MR) is 95.4 cm³/mol. The first-order valence-electron chi connectivity index (χ1n) is 9.26. The quantitative estimate of drug-likeness (QED) is 0.711. The molecule has 144 valence electrons. The van der Waals surface area contributed by atoms with E-state index in [0.29, 0.717) is 12.5 Å². The van der Waals surface area contributed by atoms with Gasteiger partial charge in [0.05, 0.1) is 13.7 Å². The van der Waals surface area contributed by atoms with E-state index in [1.807, 2.05) is 20.8 Å².